The molecule has 1 aliphatic carbocycles. The molecule has 2 amide bonds. The van der Waals surface area contributed by atoms with Crippen LogP contribution in [0.4, 0.5) is 11.5 Å². The Bertz CT molecular complexity index is 1570. The number of rotatable bonds is 5. The van der Waals surface area contributed by atoms with Crippen LogP contribution in [0.15, 0.2) is 78.9 Å². The van der Waals surface area contributed by atoms with Gasteiger partial charge in [0, 0.05) is 29.6 Å². The number of hydrogen-bond donors (Lipinski definition) is 1. The number of fused-ring (bicyclic) bond motifs is 3. The smallest absolute Gasteiger partial charge is 0.276 e. The van der Waals surface area contributed by atoms with Gasteiger partial charge in [-0.2, -0.15) is 0 Å². The van der Waals surface area contributed by atoms with E-state index in [4.69, 9.17) is 9.72 Å². The molecule has 0 spiro atoms. The summed E-state index contributed by atoms with van der Waals surface area (Å²) in [7, 11) is 0. The van der Waals surface area contributed by atoms with Crippen molar-refractivity contribution in [1.29, 1.82) is 0 Å². The second-order valence-electron chi connectivity index (χ2n) is 10.5. The molecule has 7 nitrogen and oxygen atoms in total. The quantitative estimate of drug-likeness (QED) is 0.356. The molecule has 2 aromatic carbocycles. The summed E-state index contributed by atoms with van der Waals surface area (Å²) in [6, 6.07) is 26.3. The number of nitrogens with one attached hydrogen (secondary N) is 1. The fourth-order valence-electron chi connectivity index (χ4n) is 5.57. The number of aromatic nitrogens is 1. The molecule has 202 valence electrons. The number of amides is 2. The van der Waals surface area contributed by atoms with Crippen molar-refractivity contribution in [2.24, 2.45) is 0 Å². The Kier molecular flexibility index (Phi) is 6.57. The van der Waals surface area contributed by atoms with Crippen LogP contribution in [-0.4, -0.2) is 49.1 Å². The van der Waals surface area contributed by atoms with Crippen LogP contribution in [0.25, 0.3) is 10.4 Å². The Morgan fingerprint density at radius 1 is 0.950 bits per heavy atom. The molecule has 4 heterocycles. The summed E-state index contributed by atoms with van der Waals surface area (Å²) < 4.78 is 5.81. The van der Waals surface area contributed by atoms with Gasteiger partial charge in [-0.1, -0.05) is 54.6 Å². The van der Waals surface area contributed by atoms with Gasteiger partial charge < -0.3 is 19.9 Å². The van der Waals surface area contributed by atoms with Gasteiger partial charge in [0.15, 0.2) is 0 Å². The number of carbonyl (C=O) groups excluding carboxylic acids is 2. The first-order valence-corrected chi connectivity index (χ1v) is 14.7. The molecule has 7 rings (SSSR count). The summed E-state index contributed by atoms with van der Waals surface area (Å²) in [5.41, 5.74) is 4.52. The molecule has 1 N–H and O–H groups in total. The third kappa shape index (κ3) is 4.78. The third-order valence-corrected chi connectivity index (χ3v) is 9.00. The van der Waals surface area contributed by atoms with Crippen molar-refractivity contribution in [2.45, 2.75) is 31.3 Å². The van der Waals surface area contributed by atoms with Crippen LogP contribution < -0.4 is 15.1 Å². The van der Waals surface area contributed by atoms with Crippen LogP contribution in [0.5, 0.6) is 0 Å². The number of nitrogens with zero attached hydrogens (tertiary/aromatic N) is 3. The molecule has 3 aliphatic rings. The number of thiophene rings is 1. The van der Waals surface area contributed by atoms with Crippen LogP contribution >= 0.6 is 11.3 Å². The second kappa shape index (κ2) is 10.5. The van der Waals surface area contributed by atoms with E-state index >= 15 is 0 Å². The maximum atomic E-state index is 14.0. The first-order chi connectivity index (χ1) is 19.7. The Labute approximate surface area is 237 Å². The van der Waals surface area contributed by atoms with E-state index in [0.29, 0.717) is 44.5 Å². The van der Waals surface area contributed by atoms with E-state index in [-0.39, 0.29) is 17.9 Å². The SMILES string of the molecule is O=C(NC1CC1)c1cc2c(s1)-c1ccccc1N(C(=O)c1cccc(N3CCOC[C@@H]3c3ccccc3)n1)CC2. The lowest BCUT2D eigenvalue weighted by Crippen LogP contribution is -2.40. The lowest BCUT2D eigenvalue weighted by Gasteiger charge is -2.37. The Morgan fingerprint density at radius 2 is 1.77 bits per heavy atom. The van der Waals surface area contributed by atoms with Gasteiger partial charge in [0.25, 0.3) is 11.8 Å². The van der Waals surface area contributed by atoms with Crippen molar-refractivity contribution >= 4 is 34.7 Å². The summed E-state index contributed by atoms with van der Waals surface area (Å²) in [5, 5.41) is 3.10. The van der Waals surface area contributed by atoms with E-state index in [1.807, 2.05) is 65.6 Å². The van der Waals surface area contributed by atoms with E-state index in [1.54, 1.807) is 6.07 Å². The van der Waals surface area contributed by atoms with Crippen LogP contribution in [0.2, 0.25) is 0 Å². The monoisotopic (exact) mass is 550 g/mol. The van der Waals surface area contributed by atoms with Crippen LogP contribution in [0, 0.1) is 0 Å². The minimum Gasteiger partial charge on any atom is -0.377 e. The van der Waals surface area contributed by atoms with E-state index in [0.717, 1.165) is 45.2 Å². The highest BCUT2D eigenvalue weighted by Gasteiger charge is 2.31. The lowest BCUT2D eigenvalue weighted by atomic mass is 10.0. The van der Waals surface area contributed by atoms with Crippen molar-refractivity contribution in [3.63, 3.8) is 0 Å². The number of hydrogen-bond acceptors (Lipinski definition) is 6. The fourth-order valence-corrected chi connectivity index (χ4v) is 6.72. The molecule has 1 saturated carbocycles. The van der Waals surface area contributed by atoms with Gasteiger partial charge in [-0.25, -0.2) is 4.98 Å². The maximum Gasteiger partial charge on any atom is 0.276 e. The summed E-state index contributed by atoms with van der Waals surface area (Å²) in [4.78, 5) is 37.6. The Balaban J connectivity index is 1.18. The molecule has 2 aliphatic heterocycles. The second-order valence-corrected chi connectivity index (χ2v) is 11.6. The van der Waals surface area contributed by atoms with Gasteiger partial charge in [-0.15, -0.1) is 11.3 Å². The molecule has 8 heteroatoms. The summed E-state index contributed by atoms with van der Waals surface area (Å²) in [6.07, 6.45) is 2.79. The molecule has 2 fully saturated rings. The summed E-state index contributed by atoms with van der Waals surface area (Å²) >= 11 is 1.51. The lowest BCUT2D eigenvalue weighted by molar-refractivity contribution is 0.0935. The standard InChI is InChI=1S/C32H30N4O3S/c37-31(33-23-13-14-23)28-19-22-15-16-36(26-11-5-4-9-24(26)30(22)40-28)32(38)25-10-6-12-29(34-25)35-17-18-39-20-27(35)21-7-2-1-3-8-21/h1-12,19,23,27H,13-18,20H2,(H,33,37)/t27-/m1/s1. The topological polar surface area (TPSA) is 74.8 Å². The van der Waals surface area contributed by atoms with E-state index in [9.17, 15) is 9.59 Å². The van der Waals surface area contributed by atoms with E-state index in [2.05, 4.69) is 22.3 Å². The highest BCUT2D eigenvalue weighted by atomic mass is 32.1. The molecule has 2 aromatic heterocycles. The first-order valence-electron chi connectivity index (χ1n) is 13.9. The van der Waals surface area contributed by atoms with E-state index in [1.165, 1.54) is 16.9 Å². The molecule has 0 radical (unpaired) electrons. The van der Waals surface area contributed by atoms with Crippen LogP contribution in [-0.2, 0) is 11.2 Å². The summed E-state index contributed by atoms with van der Waals surface area (Å²) in [6.45, 7) is 2.41. The highest BCUT2D eigenvalue weighted by molar-refractivity contribution is 7.17. The number of anilines is 2. The predicted octanol–water partition coefficient (Wildman–Crippen LogP) is 5.48. The number of carbonyl (C=O) groups is 2. The van der Waals surface area contributed by atoms with Crippen molar-refractivity contribution in [2.75, 3.05) is 36.1 Å². The van der Waals surface area contributed by atoms with Crippen molar-refractivity contribution in [3.05, 3.63) is 101 Å². The average molecular weight is 551 g/mol. The molecule has 0 unspecified atom stereocenters. The van der Waals surface area contributed by atoms with Crippen molar-refractivity contribution in [1.82, 2.24) is 10.3 Å². The normalized spacial score (nSPS) is 18.4. The highest BCUT2D eigenvalue weighted by Crippen LogP contribution is 2.42. The minimum atomic E-state index is -0.124. The third-order valence-electron chi connectivity index (χ3n) is 7.80. The number of para-hydroxylation sites is 1. The molecule has 4 aromatic rings. The molecule has 40 heavy (non-hydrogen) atoms. The van der Waals surface area contributed by atoms with Gasteiger partial charge in [-0.3, -0.25) is 9.59 Å². The van der Waals surface area contributed by atoms with Crippen LogP contribution in [0.3, 0.4) is 0 Å². The Hall–Kier alpha value is -4.01. The van der Waals surface area contributed by atoms with Crippen molar-refractivity contribution < 1.29 is 14.3 Å². The zero-order valence-electron chi connectivity index (χ0n) is 22.1. The van der Waals surface area contributed by atoms with Gasteiger partial charge in [0.2, 0.25) is 0 Å². The maximum absolute atomic E-state index is 14.0. The minimum absolute atomic E-state index is 0.00363. The van der Waals surface area contributed by atoms with Crippen molar-refractivity contribution in [3.8, 4) is 10.4 Å². The molecular formula is C32H30N4O3S. The number of ether oxygens (including phenoxy) is 1. The largest absolute Gasteiger partial charge is 0.377 e. The molecule has 1 saturated heterocycles. The van der Waals surface area contributed by atoms with Gasteiger partial charge in [0.05, 0.1) is 29.8 Å². The Morgan fingerprint density at radius 3 is 2.62 bits per heavy atom. The average Bonchev–Trinajstić information content (AvgIpc) is 3.75. The summed E-state index contributed by atoms with van der Waals surface area (Å²) in [5.74, 6) is 0.654. The number of benzene rings is 2. The zero-order valence-corrected chi connectivity index (χ0v) is 22.9. The van der Waals surface area contributed by atoms with Gasteiger partial charge in [0.1, 0.15) is 11.5 Å². The van der Waals surface area contributed by atoms with Crippen LogP contribution in [0.1, 0.15) is 50.2 Å². The molecule has 0 bridgehead atoms. The zero-order chi connectivity index (χ0) is 27.1. The molecule has 1 atom stereocenters. The fraction of sp³-hybridized carbons (Fsp3) is 0.281. The first kappa shape index (κ1) is 25.0. The van der Waals surface area contributed by atoms with Gasteiger partial charge >= 0.3 is 0 Å². The predicted molar refractivity (Wildman–Crippen MR) is 157 cm³/mol. The van der Waals surface area contributed by atoms with Gasteiger partial charge in [-0.05, 0) is 54.7 Å². The number of pyridine rings is 1. The van der Waals surface area contributed by atoms with E-state index < -0.39 is 0 Å². The number of morpholine rings is 1. The molecular weight excluding hydrogens is 520 g/mol.